The van der Waals surface area contributed by atoms with Gasteiger partial charge in [0.2, 0.25) is 0 Å². The van der Waals surface area contributed by atoms with E-state index in [4.69, 9.17) is 14.0 Å². The summed E-state index contributed by atoms with van der Waals surface area (Å²) in [6, 6.07) is 27.5. The van der Waals surface area contributed by atoms with Crippen molar-refractivity contribution in [1.29, 1.82) is 0 Å². The highest BCUT2D eigenvalue weighted by molar-refractivity contribution is 6.61. The van der Waals surface area contributed by atoms with E-state index in [0.717, 1.165) is 28.9 Å². The number of likely N-dealkylation sites (N-methyl/N-ethyl adjacent to an activating group) is 1. The molecular formula is C29H34BNO3. The summed E-state index contributed by atoms with van der Waals surface area (Å²) in [5.74, 6) is 0.876. The summed E-state index contributed by atoms with van der Waals surface area (Å²) >= 11 is 0. The van der Waals surface area contributed by atoms with Crippen LogP contribution >= 0.6 is 0 Å². The van der Waals surface area contributed by atoms with Crippen molar-refractivity contribution in [1.82, 2.24) is 5.32 Å². The summed E-state index contributed by atoms with van der Waals surface area (Å²) in [5, 5.41) is 3.10. The monoisotopic (exact) mass is 455 g/mol. The third kappa shape index (κ3) is 5.98. The van der Waals surface area contributed by atoms with Crippen LogP contribution in [0.1, 0.15) is 37.5 Å². The second kappa shape index (κ2) is 11.0. The van der Waals surface area contributed by atoms with Crippen molar-refractivity contribution in [3.05, 3.63) is 95.6 Å². The molecule has 1 heterocycles. The number of allylic oxidation sites excluding steroid dienone is 1. The molecule has 1 aliphatic heterocycles. The molecule has 0 radical (unpaired) electrons. The first-order valence-electron chi connectivity index (χ1n) is 11.9. The molecule has 4 rings (SSSR count). The van der Waals surface area contributed by atoms with E-state index in [1.54, 1.807) is 0 Å². The Balaban J connectivity index is 1.64. The summed E-state index contributed by atoms with van der Waals surface area (Å²) in [5.41, 5.74) is 7.05. The van der Waals surface area contributed by atoms with Gasteiger partial charge in [-0.25, -0.2) is 0 Å². The van der Waals surface area contributed by atoms with E-state index in [-0.39, 0.29) is 12.5 Å². The van der Waals surface area contributed by atoms with Crippen molar-refractivity contribution in [3.63, 3.8) is 0 Å². The normalized spacial score (nSPS) is 16.2. The zero-order valence-electron chi connectivity index (χ0n) is 20.6. The van der Waals surface area contributed by atoms with Gasteiger partial charge in [0.05, 0.1) is 0 Å². The maximum atomic E-state index is 5.98. The molecule has 176 valence electrons. The van der Waals surface area contributed by atoms with Crippen LogP contribution in [0.2, 0.25) is 0 Å². The van der Waals surface area contributed by atoms with E-state index >= 15 is 0 Å². The Kier molecular flexibility index (Phi) is 7.89. The van der Waals surface area contributed by atoms with Gasteiger partial charge >= 0.3 is 7.12 Å². The fourth-order valence-electron chi connectivity index (χ4n) is 4.11. The quantitative estimate of drug-likeness (QED) is 0.294. The second-order valence-electron chi connectivity index (χ2n) is 9.58. The summed E-state index contributed by atoms with van der Waals surface area (Å²) < 4.78 is 17.8. The minimum absolute atomic E-state index is 0.0576. The molecule has 0 spiro atoms. The van der Waals surface area contributed by atoms with Crippen molar-refractivity contribution in [3.8, 4) is 5.75 Å². The van der Waals surface area contributed by atoms with E-state index in [0.29, 0.717) is 19.8 Å². The van der Waals surface area contributed by atoms with Crippen LogP contribution in [0.3, 0.4) is 0 Å². The van der Waals surface area contributed by atoms with Crippen molar-refractivity contribution in [2.45, 2.75) is 20.8 Å². The Hall–Kier alpha value is -2.86. The van der Waals surface area contributed by atoms with Crippen molar-refractivity contribution < 1.29 is 14.0 Å². The Morgan fingerprint density at radius 3 is 2.03 bits per heavy atom. The highest BCUT2D eigenvalue weighted by Gasteiger charge is 2.33. The molecule has 1 saturated heterocycles. The first-order valence-corrected chi connectivity index (χ1v) is 11.9. The summed E-state index contributed by atoms with van der Waals surface area (Å²) in [6.07, 6.45) is 0. The van der Waals surface area contributed by atoms with Gasteiger partial charge in [0.25, 0.3) is 0 Å². The van der Waals surface area contributed by atoms with E-state index < -0.39 is 0 Å². The molecule has 3 aromatic carbocycles. The lowest BCUT2D eigenvalue weighted by atomic mass is 9.75. The Morgan fingerprint density at radius 2 is 1.44 bits per heavy atom. The number of hydrogen-bond acceptors (Lipinski definition) is 4. The highest BCUT2D eigenvalue weighted by atomic mass is 16.6. The van der Waals surface area contributed by atoms with Gasteiger partial charge in [-0.05, 0) is 59.4 Å². The molecule has 0 aromatic heterocycles. The minimum atomic E-state index is -0.307. The first-order chi connectivity index (χ1) is 16.5. The van der Waals surface area contributed by atoms with Crippen LogP contribution in [0.15, 0.2) is 78.9 Å². The third-order valence-corrected chi connectivity index (χ3v) is 6.07. The van der Waals surface area contributed by atoms with Crippen LogP contribution in [0.25, 0.3) is 11.1 Å². The van der Waals surface area contributed by atoms with Crippen LogP contribution < -0.4 is 15.5 Å². The zero-order valence-corrected chi connectivity index (χ0v) is 20.6. The van der Waals surface area contributed by atoms with Crippen LogP contribution in [-0.4, -0.2) is 40.5 Å². The van der Waals surface area contributed by atoms with Crippen LogP contribution in [0.4, 0.5) is 0 Å². The molecule has 0 bridgehead atoms. The smallest absolute Gasteiger partial charge is 0.492 e. The number of hydrogen-bond donors (Lipinski definition) is 1. The molecular weight excluding hydrogens is 421 g/mol. The van der Waals surface area contributed by atoms with Gasteiger partial charge in [0.1, 0.15) is 12.4 Å². The molecule has 0 atom stereocenters. The maximum absolute atomic E-state index is 5.98. The van der Waals surface area contributed by atoms with E-state index in [1.165, 1.54) is 16.7 Å². The Morgan fingerprint density at radius 1 is 0.853 bits per heavy atom. The molecule has 1 aliphatic rings. The molecule has 34 heavy (non-hydrogen) atoms. The zero-order chi connectivity index (χ0) is 24.0. The predicted molar refractivity (Wildman–Crippen MR) is 141 cm³/mol. The molecule has 1 fully saturated rings. The molecule has 0 saturated carbocycles. The standard InChI is InChI=1S/C29H34BNO3/c1-22(23-8-6-5-7-9-23)28(25-12-16-27(17-13-25)32-19-18-31-4)24-10-14-26(15-11-24)30-33-20-29(2,3)21-34-30/h5-17,31H,18-21H2,1-4H3/b28-22-. The van der Waals surface area contributed by atoms with Gasteiger partial charge < -0.3 is 19.4 Å². The van der Waals surface area contributed by atoms with Crippen LogP contribution in [0, 0.1) is 5.41 Å². The molecule has 4 nitrogen and oxygen atoms in total. The Bertz CT molecular complexity index is 1080. The fraction of sp³-hybridized carbons (Fsp3) is 0.310. The van der Waals surface area contributed by atoms with Gasteiger partial charge in [-0.1, -0.05) is 80.6 Å². The molecule has 5 heteroatoms. The fourth-order valence-corrected chi connectivity index (χ4v) is 4.11. The average molecular weight is 455 g/mol. The molecule has 0 unspecified atom stereocenters. The molecule has 3 aromatic rings. The lowest BCUT2D eigenvalue weighted by Crippen LogP contribution is -2.47. The number of rotatable bonds is 8. The van der Waals surface area contributed by atoms with Gasteiger partial charge in [-0.2, -0.15) is 0 Å². The van der Waals surface area contributed by atoms with Gasteiger partial charge in [-0.15, -0.1) is 0 Å². The molecule has 0 aliphatic carbocycles. The van der Waals surface area contributed by atoms with Gasteiger partial charge in [-0.3, -0.25) is 0 Å². The van der Waals surface area contributed by atoms with Crippen molar-refractivity contribution >= 4 is 23.7 Å². The summed E-state index contributed by atoms with van der Waals surface area (Å²) in [4.78, 5) is 0. The average Bonchev–Trinajstić information content (AvgIpc) is 2.86. The van der Waals surface area contributed by atoms with E-state index in [9.17, 15) is 0 Å². The topological polar surface area (TPSA) is 39.7 Å². The summed E-state index contributed by atoms with van der Waals surface area (Å²) in [6.45, 7) is 9.36. The summed E-state index contributed by atoms with van der Waals surface area (Å²) in [7, 11) is 1.62. The Labute approximate surface area is 204 Å². The predicted octanol–water partition coefficient (Wildman–Crippen LogP) is 5.03. The third-order valence-electron chi connectivity index (χ3n) is 6.07. The number of ether oxygens (including phenoxy) is 1. The molecule has 1 N–H and O–H groups in total. The van der Waals surface area contributed by atoms with E-state index in [1.807, 2.05) is 25.2 Å². The number of benzene rings is 3. The van der Waals surface area contributed by atoms with Crippen LogP contribution in [0.5, 0.6) is 5.75 Å². The first kappa shape index (κ1) is 24.3. The largest absolute Gasteiger partial charge is 0.493 e. The van der Waals surface area contributed by atoms with E-state index in [2.05, 4.69) is 86.8 Å². The SMILES string of the molecule is CNCCOc1ccc(/C(=C(/C)c2ccccc2)c2ccc(B3OCC(C)(C)CO3)cc2)cc1. The lowest BCUT2D eigenvalue weighted by molar-refractivity contribution is 0.0343. The second-order valence-corrected chi connectivity index (χ2v) is 9.58. The van der Waals surface area contributed by atoms with Crippen molar-refractivity contribution in [2.75, 3.05) is 33.4 Å². The maximum Gasteiger partial charge on any atom is 0.493 e. The van der Waals surface area contributed by atoms with Gasteiger partial charge in [0, 0.05) is 25.2 Å². The lowest BCUT2D eigenvalue weighted by Gasteiger charge is -2.33. The minimum Gasteiger partial charge on any atom is -0.492 e. The van der Waals surface area contributed by atoms with Crippen LogP contribution in [-0.2, 0) is 9.31 Å². The number of nitrogens with one attached hydrogen (secondary N) is 1. The molecule has 0 amide bonds. The van der Waals surface area contributed by atoms with Crippen molar-refractivity contribution in [2.24, 2.45) is 5.41 Å². The highest BCUT2D eigenvalue weighted by Crippen LogP contribution is 2.33. The van der Waals surface area contributed by atoms with Gasteiger partial charge in [0.15, 0.2) is 0 Å².